The molecule has 1 aromatic carbocycles. The topological polar surface area (TPSA) is 83.5 Å². The Morgan fingerprint density at radius 3 is 2.68 bits per heavy atom. The molecule has 3 aliphatic heterocycles. The number of rotatable bonds is 6. The van der Waals surface area contributed by atoms with Gasteiger partial charge in [-0.2, -0.15) is 0 Å². The Balaban J connectivity index is 1.59. The predicted molar refractivity (Wildman–Crippen MR) is 143 cm³/mol. The number of amides is 1. The Kier molecular flexibility index (Phi) is 8.31. The lowest BCUT2D eigenvalue weighted by molar-refractivity contribution is -0.191. The van der Waals surface area contributed by atoms with Crippen LogP contribution in [0.2, 0.25) is 0 Å². The number of allylic oxidation sites excluding steroid dienone is 2. The molecule has 2 saturated heterocycles. The van der Waals surface area contributed by atoms with E-state index in [2.05, 4.69) is 26.8 Å². The third-order valence-electron chi connectivity index (χ3n) is 7.75. The third-order valence-corrected chi connectivity index (χ3v) is 7.75. The minimum atomic E-state index is -0.528. The molecule has 0 radical (unpaired) electrons. The maximum atomic E-state index is 12.8. The summed E-state index contributed by atoms with van der Waals surface area (Å²) in [6.45, 7) is 13.2. The molecule has 5 atom stereocenters. The molecular formula is C30H43NO7. The van der Waals surface area contributed by atoms with Crippen LogP contribution < -0.4 is 9.47 Å². The van der Waals surface area contributed by atoms with Gasteiger partial charge in [0.2, 0.25) is 0 Å². The van der Waals surface area contributed by atoms with Gasteiger partial charge in [0.25, 0.3) is 0 Å². The quantitative estimate of drug-likeness (QED) is 0.338. The van der Waals surface area contributed by atoms with Gasteiger partial charge in [-0.05, 0) is 85.4 Å². The van der Waals surface area contributed by atoms with Gasteiger partial charge in [0.15, 0.2) is 6.61 Å². The highest BCUT2D eigenvalue weighted by atomic mass is 16.6. The molecule has 0 aliphatic carbocycles. The largest absolute Gasteiger partial charge is 0.487 e. The average Bonchev–Trinajstić information content (AvgIpc) is 2.85. The molecule has 0 unspecified atom stereocenters. The Labute approximate surface area is 226 Å². The molecule has 1 amide bonds. The number of likely N-dealkylation sites (tertiary alicyclic amines) is 1. The zero-order chi connectivity index (χ0) is 27.7. The van der Waals surface area contributed by atoms with Crippen LogP contribution in [-0.4, -0.2) is 61.1 Å². The lowest BCUT2D eigenvalue weighted by Crippen LogP contribution is -2.57. The molecule has 0 spiro atoms. The van der Waals surface area contributed by atoms with E-state index < -0.39 is 17.2 Å². The van der Waals surface area contributed by atoms with E-state index in [0.717, 1.165) is 37.0 Å². The van der Waals surface area contributed by atoms with Gasteiger partial charge in [-0.1, -0.05) is 11.6 Å². The first kappa shape index (κ1) is 28.3. The van der Waals surface area contributed by atoms with Crippen LogP contribution in [0.15, 0.2) is 29.8 Å². The molecule has 210 valence electrons. The number of fused-ring (bicyclic) bond motifs is 4. The second kappa shape index (κ2) is 11.2. The molecule has 0 saturated carbocycles. The number of ether oxygens (including phenoxy) is 5. The number of nitrogens with zero attached hydrogens (tertiary/aromatic N) is 1. The van der Waals surface area contributed by atoms with Crippen LogP contribution in [0.3, 0.4) is 0 Å². The van der Waals surface area contributed by atoms with Crippen molar-refractivity contribution in [3.8, 4) is 11.5 Å². The smallest absolute Gasteiger partial charge is 0.410 e. The number of carbonyl (C=O) groups excluding carboxylic acids is 2. The fraction of sp³-hybridized carbons (Fsp3) is 0.667. The van der Waals surface area contributed by atoms with Crippen molar-refractivity contribution in [1.29, 1.82) is 0 Å². The fourth-order valence-corrected chi connectivity index (χ4v) is 5.84. The maximum absolute atomic E-state index is 12.8. The third kappa shape index (κ3) is 6.45. The van der Waals surface area contributed by atoms with Crippen molar-refractivity contribution in [2.45, 2.75) is 90.6 Å². The number of methoxy groups -OCH3 is 1. The van der Waals surface area contributed by atoms with Crippen molar-refractivity contribution in [2.24, 2.45) is 11.8 Å². The number of benzene rings is 1. The number of hydrogen-bond acceptors (Lipinski definition) is 7. The van der Waals surface area contributed by atoms with E-state index >= 15 is 0 Å². The summed E-state index contributed by atoms with van der Waals surface area (Å²) in [6.07, 6.45) is 5.28. The van der Waals surface area contributed by atoms with Crippen molar-refractivity contribution in [2.75, 3.05) is 26.8 Å². The van der Waals surface area contributed by atoms with E-state index in [0.29, 0.717) is 18.8 Å². The van der Waals surface area contributed by atoms with E-state index in [1.807, 2.05) is 43.9 Å². The number of carbonyl (C=O) groups is 2. The molecule has 0 bridgehead atoms. The van der Waals surface area contributed by atoms with Crippen LogP contribution in [0.5, 0.6) is 11.5 Å². The van der Waals surface area contributed by atoms with Crippen LogP contribution in [-0.2, 0) is 19.0 Å². The van der Waals surface area contributed by atoms with E-state index in [1.165, 1.54) is 12.7 Å². The average molecular weight is 530 g/mol. The Morgan fingerprint density at radius 2 is 2.00 bits per heavy atom. The number of esters is 1. The second-order valence-corrected chi connectivity index (χ2v) is 12.2. The number of hydrogen-bond donors (Lipinski definition) is 0. The Bertz CT molecular complexity index is 1060. The molecule has 3 heterocycles. The van der Waals surface area contributed by atoms with Crippen molar-refractivity contribution in [1.82, 2.24) is 4.90 Å². The highest BCUT2D eigenvalue weighted by Crippen LogP contribution is 2.55. The zero-order valence-corrected chi connectivity index (χ0v) is 23.9. The van der Waals surface area contributed by atoms with Gasteiger partial charge in [0.1, 0.15) is 22.7 Å². The van der Waals surface area contributed by atoms with Gasteiger partial charge in [-0.15, -0.1) is 0 Å². The first-order chi connectivity index (χ1) is 17.9. The molecule has 1 aromatic rings. The van der Waals surface area contributed by atoms with Gasteiger partial charge in [-0.25, -0.2) is 9.59 Å². The predicted octanol–water partition coefficient (Wildman–Crippen LogP) is 5.84. The summed E-state index contributed by atoms with van der Waals surface area (Å²) >= 11 is 0. The molecule has 3 aliphatic rings. The first-order valence-electron chi connectivity index (χ1n) is 13.7. The second-order valence-electron chi connectivity index (χ2n) is 12.2. The molecule has 0 N–H and O–H groups in total. The highest BCUT2D eigenvalue weighted by molar-refractivity contribution is 5.71. The van der Waals surface area contributed by atoms with Gasteiger partial charge in [0, 0.05) is 30.5 Å². The van der Waals surface area contributed by atoms with Crippen LogP contribution in [0, 0.1) is 11.8 Å². The van der Waals surface area contributed by atoms with Crippen LogP contribution in [0.1, 0.15) is 78.9 Å². The molecule has 8 nitrogen and oxygen atoms in total. The Hall–Kier alpha value is -2.74. The molecule has 38 heavy (non-hydrogen) atoms. The number of piperidine rings is 1. The standard InChI is InChI=1S/C30H43NO7/c1-19(2)9-8-13-30(6)23-15-20-17-31(28(33)38-29(3,4)5)14-12-24(20)36-27(23)22-16-21(10-11-25(22)37-30)35-18-26(32)34-7/h9-11,16,20,23-24,27H,8,12-15,17-18H2,1-7H3/t20-,23-,24-,27+,30+/m0/s1. The molecule has 4 rings (SSSR count). The van der Waals surface area contributed by atoms with Crippen LogP contribution in [0.4, 0.5) is 4.79 Å². The molecule has 2 fully saturated rings. The van der Waals surface area contributed by atoms with Crippen molar-refractivity contribution in [3.05, 3.63) is 35.4 Å². The van der Waals surface area contributed by atoms with E-state index in [-0.39, 0.29) is 36.7 Å². The van der Waals surface area contributed by atoms with Gasteiger partial charge in [0.05, 0.1) is 19.3 Å². The first-order valence-corrected chi connectivity index (χ1v) is 13.7. The van der Waals surface area contributed by atoms with Gasteiger partial charge < -0.3 is 28.6 Å². The fourth-order valence-electron chi connectivity index (χ4n) is 5.84. The van der Waals surface area contributed by atoms with E-state index in [9.17, 15) is 9.59 Å². The van der Waals surface area contributed by atoms with Crippen molar-refractivity contribution < 1.29 is 33.3 Å². The SMILES string of the molecule is COC(=O)COc1ccc2c(c1)[C@H]1O[C@H]3CCN(C(=O)OC(C)(C)C)C[C@@H]3C[C@@H]1[C@@](C)(CCC=C(C)C)O2. The zero-order valence-electron chi connectivity index (χ0n) is 23.9. The van der Waals surface area contributed by atoms with Crippen molar-refractivity contribution in [3.63, 3.8) is 0 Å². The summed E-state index contributed by atoms with van der Waals surface area (Å²) in [6, 6.07) is 5.67. The minimum absolute atomic E-state index is 0.0440. The monoisotopic (exact) mass is 529 g/mol. The van der Waals surface area contributed by atoms with E-state index in [1.54, 1.807) is 0 Å². The highest BCUT2D eigenvalue weighted by Gasteiger charge is 2.53. The molecule has 8 heteroatoms. The lowest BCUT2D eigenvalue weighted by Gasteiger charge is -2.54. The Morgan fingerprint density at radius 1 is 1.24 bits per heavy atom. The minimum Gasteiger partial charge on any atom is -0.487 e. The van der Waals surface area contributed by atoms with Gasteiger partial charge >= 0.3 is 12.1 Å². The summed E-state index contributed by atoms with van der Waals surface area (Å²) < 4.78 is 29.6. The summed E-state index contributed by atoms with van der Waals surface area (Å²) in [4.78, 5) is 26.3. The van der Waals surface area contributed by atoms with Gasteiger partial charge in [-0.3, -0.25) is 0 Å². The molecule has 0 aromatic heterocycles. The lowest BCUT2D eigenvalue weighted by atomic mass is 9.68. The van der Waals surface area contributed by atoms with Crippen LogP contribution in [0.25, 0.3) is 0 Å². The van der Waals surface area contributed by atoms with Crippen molar-refractivity contribution >= 4 is 12.1 Å². The summed E-state index contributed by atoms with van der Waals surface area (Å²) in [5.41, 5.74) is 1.27. The van der Waals surface area contributed by atoms with Crippen LogP contribution >= 0.6 is 0 Å². The maximum Gasteiger partial charge on any atom is 0.410 e. The summed E-state index contributed by atoms with van der Waals surface area (Å²) in [5.74, 6) is 1.23. The summed E-state index contributed by atoms with van der Waals surface area (Å²) in [7, 11) is 1.34. The summed E-state index contributed by atoms with van der Waals surface area (Å²) in [5, 5.41) is 0. The van der Waals surface area contributed by atoms with E-state index in [4.69, 9.17) is 23.7 Å². The normalized spacial score (nSPS) is 28.1. The molecular weight excluding hydrogens is 486 g/mol.